The van der Waals surface area contributed by atoms with Gasteiger partial charge in [0.25, 0.3) is 0 Å². The van der Waals surface area contributed by atoms with Crippen LogP contribution in [-0.4, -0.2) is 40.7 Å². The Morgan fingerprint density at radius 3 is 2.75 bits per heavy atom. The summed E-state index contributed by atoms with van der Waals surface area (Å²) in [5.74, 6) is -0.872. The Kier molecular flexibility index (Phi) is 5.40. The molecule has 164 valence electrons. The Labute approximate surface area is 187 Å². The number of aromatic hydroxyl groups is 1. The van der Waals surface area contributed by atoms with Crippen LogP contribution in [0, 0.1) is 0 Å². The number of likely N-dealkylation sites (tertiary alicyclic amines) is 1. The third-order valence-electron chi connectivity index (χ3n) is 5.69. The van der Waals surface area contributed by atoms with Crippen molar-refractivity contribution in [3.8, 4) is 16.3 Å². The average Bonchev–Trinajstić information content (AvgIpc) is 3.45. The molecule has 0 bridgehead atoms. The quantitative estimate of drug-likeness (QED) is 0.446. The minimum Gasteiger partial charge on any atom is -0.507 e. The van der Waals surface area contributed by atoms with Crippen molar-refractivity contribution in [3.05, 3.63) is 57.9 Å². The minimum absolute atomic E-state index is 0.0371. The van der Waals surface area contributed by atoms with Crippen LogP contribution in [0.2, 0.25) is 0 Å². The molecule has 32 heavy (non-hydrogen) atoms. The lowest BCUT2D eigenvalue weighted by atomic mass is 10.1. The highest BCUT2D eigenvalue weighted by Gasteiger charge is 2.27. The van der Waals surface area contributed by atoms with Crippen molar-refractivity contribution in [2.75, 3.05) is 19.7 Å². The summed E-state index contributed by atoms with van der Waals surface area (Å²) in [6.07, 6.45) is 2.18. The summed E-state index contributed by atoms with van der Waals surface area (Å²) in [5.41, 5.74) is 1.19. The minimum atomic E-state index is -0.726. The highest BCUT2D eigenvalue weighted by atomic mass is 32.1. The highest BCUT2D eigenvalue weighted by molar-refractivity contribution is 7.21. The molecule has 0 amide bonds. The molecule has 3 heterocycles. The monoisotopic (exact) mass is 450 g/mol. The Morgan fingerprint density at radius 1 is 1.22 bits per heavy atom. The molecular weight excluding hydrogens is 428 g/mol. The van der Waals surface area contributed by atoms with Gasteiger partial charge in [0.15, 0.2) is 0 Å². The number of fused-ring (bicyclic) bond motifs is 2. The van der Waals surface area contributed by atoms with Gasteiger partial charge in [0.2, 0.25) is 11.2 Å². The number of phenols is 1. The Bertz CT molecular complexity index is 1350. The topological polar surface area (TPSA) is 92.9 Å². The number of hydrogen-bond acceptors (Lipinski definition) is 8. The van der Waals surface area contributed by atoms with Crippen LogP contribution in [0.3, 0.4) is 0 Å². The highest BCUT2D eigenvalue weighted by Crippen LogP contribution is 2.35. The zero-order valence-electron chi connectivity index (χ0n) is 17.6. The Balaban J connectivity index is 1.76. The van der Waals surface area contributed by atoms with Crippen molar-refractivity contribution in [1.29, 1.82) is 0 Å². The van der Waals surface area contributed by atoms with E-state index in [1.54, 1.807) is 6.92 Å². The summed E-state index contributed by atoms with van der Waals surface area (Å²) in [4.78, 5) is 33.2. The van der Waals surface area contributed by atoms with Gasteiger partial charge in [-0.1, -0.05) is 12.1 Å². The van der Waals surface area contributed by atoms with Crippen molar-refractivity contribution in [3.63, 3.8) is 0 Å². The van der Waals surface area contributed by atoms with Gasteiger partial charge in [-0.25, -0.2) is 9.78 Å². The predicted octanol–water partition coefficient (Wildman–Crippen LogP) is 4.55. The number of hydrogen-bond donors (Lipinski definition) is 1. The van der Waals surface area contributed by atoms with E-state index in [-0.39, 0.29) is 34.7 Å². The lowest BCUT2D eigenvalue weighted by molar-refractivity contribution is 0.0492. The third kappa shape index (κ3) is 3.55. The van der Waals surface area contributed by atoms with Gasteiger partial charge < -0.3 is 14.3 Å². The van der Waals surface area contributed by atoms with Crippen LogP contribution in [0.1, 0.15) is 35.9 Å². The molecule has 7 nitrogen and oxygen atoms in total. The van der Waals surface area contributed by atoms with Gasteiger partial charge in [0.1, 0.15) is 21.9 Å². The first kappa shape index (κ1) is 20.7. The van der Waals surface area contributed by atoms with E-state index in [4.69, 9.17) is 9.15 Å². The number of carbonyl (C=O) groups is 1. The normalized spacial score (nSPS) is 14.4. The number of esters is 1. The molecule has 0 saturated carbocycles. The maximum absolute atomic E-state index is 13.6. The molecule has 8 heteroatoms. The van der Waals surface area contributed by atoms with Crippen LogP contribution in [0.5, 0.6) is 5.75 Å². The molecule has 4 aromatic rings. The van der Waals surface area contributed by atoms with Crippen molar-refractivity contribution >= 4 is 38.5 Å². The van der Waals surface area contributed by atoms with Gasteiger partial charge in [-0.15, -0.1) is 11.3 Å². The zero-order chi connectivity index (χ0) is 22.2. The Hall–Kier alpha value is -3.23. The summed E-state index contributed by atoms with van der Waals surface area (Å²) in [6.45, 7) is 4.09. The maximum atomic E-state index is 13.6. The molecule has 2 aromatic heterocycles. The van der Waals surface area contributed by atoms with Crippen LogP contribution in [-0.2, 0) is 11.3 Å². The van der Waals surface area contributed by atoms with Crippen molar-refractivity contribution in [2.45, 2.75) is 26.3 Å². The number of rotatable bonds is 5. The van der Waals surface area contributed by atoms with Gasteiger partial charge in [-0.05, 0) is 57.1 Å². The van der Waals surface area contributed by atoms with Gasteiger partial charge in [0.05, 0.1) is 27.8 Å². The molecule has 1 saturated heterocycles. The molecular formula is C24H22N2O5S. The third-order valence-corrected chi connectivity index (χ3v) is 6.74. The second kappa shape index (κ2) is 8.37. The SMILES string of the molecule is CCOC(=O)c1oc2c(CN3CCCC3)c(O)ccc2c(=O)c1-c1nc2ccccc2s1. The molecule has 2 aromatic carbocycles. The molecule has 1 aliphatic heterocycles. The summed E-state index contributed by atoms with van der Waals surface area (Å²) in [5, 5.41) is 11.3. The first-order valence-corrected chi connectivity index (χ1v) is 11.5. The summed E-state index contributed by atoms with van der Waals surface area (Å²) >= 11 is 1.32. The van der Waals surface area contributed by atoms with Crippen LogP contribution in [0.15, 0.2) is 45.6 Å². The van der Waals surface area contributed by atoms with E-state index < -0.39 is 5.97 Å². The van der Waals surface area contributed by atoms with Crippen LogP contribution in [0.25, 0.3) is 31.8 Å². The van der Waals surface area contributed by atoms with E-state index >= 15 is 0 Å². The van der Waals surface area contributed by atoms with E-state index in [0.717, 1.165) is 36.1 Å². The molecule has 1 fully saturated rings. The number of nitrogens with zero attached hydrogens (tertiary/aromatic N) is 2. The van der Waals surface area contributed by atoms with Crippen molar-refractivity contribution in [2.24, 2.45) is 0 Å². The van der Waals surface area contributed by atoms with Gasteiger partial charge in [0, 0.05) is 6.54 Å². The van der Waals surface area contributed by atoms with Crippen molar-refractivity contribution < 1.29 is 19.1 Å². The second-order valence-electron chi connectivity index (χ2n) is 7.77. The number of para-hydroxylation sites is 1. The average molecular weight is 451 g/mol. The fourth-order valence-electron chi connectivity index (χ4n) is 4.13. The first-order chi connectivity index (χ1) is 15.6. The first-order valence-electron chi connectivity index (χ1n) is 10.6. The van der Waals surface area contributed by atoms with E-state index in [0.29, 0.717) is 22.5 Å². The number of aromatic nitrogens is 1. The summed E-state index contributed by atoms with van der Waals surface area (Å²) < 4.78 is 12.2. The standard InChI is InChI=1S/C24H22N2O5S/c1-2-30-24(29)22-19(23-25-16-7-3-4-8-18(16)32-23)20(28)14-9-10-17(27)15(21(14)31-22)13-26-11-5-6-12-26/h3-4,7-10,27H,2,5-6,11-13H2,1H3. The largest absolute Gasteiger partial charge is 0.507 e. The smallest absolute Gasteiger partial charge is 0.375 e. The molecule has 1 aliphatic rings. The van der Waals surface area contributed by atoms with Gasteiger partial charge in [-0.3, -0.25) is 9.69 Å². The predicted molar refractivity (Wildman–Crippen MR) is 123 cm³/mol. The Morgan fingerprint density at radius 2 is 2.00 bits per heavy atom. The van der Waals surface area contributed by atoms with E-state index in [9.17, 15) is 14.7 Å². The zero-order valence-corrected chi connectivity index (χ0v) is 18.4. The molecule has 0 spiro atoms. The lowest BCUT2D eigenvalue weighted by Crippen LogP contribution is -2.20. The second-order valence-corrected chi connectivity index (χ2v) is 8.80. The summed E-state index contributed by atoms with van der Waals surface area (Å²) in [6, 6.07) is 10.6. The fourth-order valence-corrected chi connectivity index (χ4v) is 5.14. The fraction of sp³-hybridized carbons (Fsp3) is 0.292. The number of ether oxygens (including phenoxy) is 1. The van der Waals surface area contributed by atoms with Crippen LogP contribution < -0.4 is 5.43 Å². The number of phenolic OH excluding ortho intramolecular Hbond substituents is 1. The van der Waals surface area contributed by atoms with Crippen LogP contribution in [0.4, 0.5) is 0 Å². The molecule has 5 rings (SSSR count). The molecule has 1 N–H and O–H groups in total. The van der Waals surface area contributed by atoms with E-state index in [1.165, 1.54) is 23.5 Å². The lowest BCUT2D eigenvalue weighted by Gasteiger charge is -2.17. The molecule has 0 radical (unpaired) electrons. The number of benzene rings is 2. The van der Waals surface area contributed by atoms with Crippen LogP contribution >= 0.6 is 11.3 Å². The number of thiazole rings is 1. The number of carbonyl (C=O) groups excluding carboxylic acids is 1. The molecule has 0 unspecified atom stereocenters. The van der Waals surface area contributed by atoms with E-state index in [2.05, 4.69) is 9.88 Å². The molecule has 0 atom stereocenters. The van der Waals surface area contributed by atoms with Gasteiger partial charge in [-0.2, -0.15) is 0 Å². The van der Waals surface area contributed by atoms with E-state index in [1.807, 2.05) is 24.3 Å². The maximum Gasteiger partial charge on any atom is 0.375 e. The van der Waals surface area contributed by atoms with Gasteiger partial charge >= 0.3 is 5.97 Å². The summed E-state index contributed by atoms with van der Waals surface area (Å²) in [7, 11) is 0. The van der Waals surface area contributed by atoms with Crippen molar-refractivity contribution in [1.82, 2.24) is 9.88 Å². The molecule has 0 aliphatic carbocycles.